The fourth-order valence-corrected chi connectivity index (χ4v) is 1.56. The van der Waals surface area contributed by atoms with Crippen molar-refractivity contribution < 1.29 is 24.5 Å². The average Bonchev–Trinajstić information content (AvgIpc) is 2.42. The van der Waals surface area contributed by atoms with Crippen LogP contribution in [0.4, 0.5) is 0 Å². The number of aliphatic hydroxyl groups is 1. The van der Waals surface area contributed by atoms with Crippen LogP contribution in [0.25, 0.3) is 0 Å². The molecule has 0 saturated heterocycles. The summed E-state index contributed by atoms with van der Waals surface area (Å²) in [4.78, 5) is 22.3. The number of carbonyl (C=O) groups is 2. The lowest BCUT2D eigenvalue weighted by atomic mass is 10.1. The maximum atomic E-state index is 11.6. The van der Waals surface area contributed by atoms with E-state index < -0.39 is 11.9 Å². The molecule has 0 fully saturated rings. The second-order valence-electron chi connectivity index (χ2n) is 4.16. The van der Waals surface area contributed by atoms with E-state index in [0.29, 0.717) is 12.2 Å². The Balaban J connectivity index is 2.31. The molecule has 0 aliphatic heterocycles. The van der Waals surface area contributed by atoms with Gasteiger partial charge in [0.15, 0.2) is 0 Å². The molecule has 2 N–H and O–H groups in total. The lowest BCUT2D eigenvalue weighted by Gasteiger charge is -2.05. The van der Waals surface area contributed by atoms with Gasteiger partial charge in [-0.25, -0.2) is 9.59 Å². The van der Waals surface area contributed by atoms with Gasteiger partial charge in [-0.1, -0.05) is 6.42 Å². The zero-order chi connectivity index (χ0) is 14.1. The van der Waals surface area contributed by atoms with Gasteiger partial charge in [0.2, 0.25) is 0 Å². The van der Waals surface area contributed by atoms with Gasteiger partial charge >= 0.3 is 11.9 Å². The largest absolute Gasteiger partial charge is 0.478 e. The van der Waals surface area contributed by atoms with E-state index >= 15 is 0 Å². The highest BCUT2D eigenvalue weighted by molar-refractivity contribution is 5.92. The first-order valence-electron chi connectivity index (χ1n) is 6.26. The van der Waals surface area contributed by atoms with Gasteiger partial charge in [0.05, 0.1) is 17.7 Å². The predicted octanol–water partition coefficient (Wildman–Crippen LogP) is 2.09. The molecule has 1 rings (SSSR count). The molecule has 0 aliphatic carbocycles. The van der Waals surface area contributed by atoms with Crippen molar-refractivity contribution in [3.63, 3.8) is 0 Å². The minimum absolute atomic E-state index is 0.139. The van der Waals surface area contributed by atoms with Crippen LogP contribution in [-0.4, -0.2) is 35.4 Å². The Morgan fingerprint density at radius 3 is 2.11 bits per heavy atom. The topological polar surface area (TPSA) is 83.8 Å². The molecular formula is C14H18O5. The summed E-state index contributed by atoms with van der Waals surface area (Å²) in [5.41, 5.74) is 0.487. The Kier molecular flexibility index (Phi) is 6.60. The molecule has 1 aromatic rings. The Morgan fingerprint density at radius 1 is 0.947 bits per heavy atom. The highest BCUT2D eigenvalue weighted by Gasteiger charge is 2.08. The van der Waals surface area contributed by atoms with Gasteiger partial charge in [-0.2, -0.15) is 0 Å². The number of carbonyl (C=O) groups excluding carboxylic acids is 1. The Labute approximate surface area is 111 Å². The predicted molar refractivity (Wildman–Crippen MR) is 69.2 cm³/mol. The zero-order valence-corrected chi connectivity index (χ0v) is 10.7. The maximum Gasteiger partial charge on any atom is 0.338 e. The van der Waals surface area contributed by atoms with E-state index in [0.717, 1.165) is 25.7 Å². The highest BCUT2D eigenvalue weighted by Crippen LogP contribution is 2.07. The van der Waals surface area contributed by atoms with Gasteiger partial charge in [-0.05, 0) is 43.5 Å². The van der Waals surface area contributed by atoms with Crippen molar-refractivity contribution in [2.45, 2.75) is 25.7 Å². The normalized spacial score (nSPS) is 10.2. The highest BCUT2D eigenvalue weighted by atomic mass is 16.5. The number of ether oxygens (including phenoxy) is 1. The number of hydrogen-bond donors (Lipinski definition) is 2. The third kappa shape index (κ3) is 5.52. The van der Waals surface area contributed by atoms with Gasteiger partial charge in [-0.3, -0.25) is 0 Å². The molecule has 0 amide bonds. The number of aromatic carboxylic acids is 1. The number of carboxylic acids is 1. The summed E-state index contributed by atoms with van der Waals surface area (Å²) in [5, 5.41) is 17.3. The maximum absolute atomic E-state index is 11.6. The van der Waals surface area contributed by atoms with Crippen LogP contribution in [0.5, 0.6) is 0 Å². The minimum atomic E-state index is -1.02. The number of benzene rings is 1. The minimum Gasteiger partial charge on any atom is -0.478 e. The number of esters is 1. The van der Waals surface area contributed by atoms with Gasteiger partial charge in [0.25, 0.3) is 0 Å². The van der Waals surface area contributed by atoms with E-state index in [1.807, 2.05) is 0 Å². The van der Waals surface area contributed by atoms with Crippen molar-refractivity contribution >= 4 is 11.9 Å². The molecule has 0 aliphatic rings. The first-order chi connectivity index (χ1) is 9.15. The molecule has 0 spiro atoms. The number of hydrogen-bond acceptors (Lipinski definition) is 4. The number of aliphatic hydroxyl groups excluding tert-OH is 1. The van der Waals surface area contributed by atoms with Crippen LogP contribution in [0.3, 0.4) is 0 Å². The second kappa shape index (κ2) is 8.26. The molecule has 104 valence electrons. The average molecular weight is 266 g/mol. The molecule has 0 atom stereocenters. The lowest BCUT2D eigenvalue weighted by molar-refractivity contribution is 0.0496. The van der Waals surface area contributed by atoms with Crippen molar-refractivity contribution in [1.29, 1.82) is 0 Å². The van der Waals surface area contributed by atoms with E-state index in [9.17, 15) is 9.59 Å². The summed E-state index contributed by atoms with van der Waals surface area (Å²) in [6.07, 6.45) is 3.36. The number of unbranched alkanes of at least 4 members (excludes halogenated alkanes) is 3. The van der Waals surface area contributed by atoms with Crippen molar-refractivity contribution in [1.82, 2.24) is 0 Å². The van der Waals surface area contributed by atoms with Gasteiger partial charge in [0.1, 0.15) is 0 Å². The summed E-state index contributed by atoms with van der Waals surface area (Å²) in [5.74, 6) is -1.47. The summed E-state index contributed by atoms with van der Waals surface area (Å²) in [6.45, 7) is 0.528. The van der Waals surface area contributed by atoms with E-state index in [1.54, 1.807) is 0 Å². The Morgan fingerprint density at radius 2 is 1.53 bits per heavy atom. The summed E-state index contributed by atoms with van der Waals surface area (Å²) in [6, 6.07) is 5.63. The van der Waals surface area contributed by atoms with Crippen molar-refractivity contribution in [3.05, 3.63) is 35.4 Å². The molecule has 0 heterocycles. The van der Waals surface area contributed by atoms with Crippen LogP contribution in [-0.2, 0) is 4.74 Å². The van der Waals surface area contributed by atoms with Gasteiger partial charge in [0, 0.05) is 6.61 Å². The Bertz CT molecular complexity index is 410. The number of rotatable bonds is 8. The molecule has 0 saturated carbocycles. The summed E-state index contributed by atoms with van der Waals surface area (Å²) >= 11 is 0. The van der Waals surface area contributed by atoms with Gasteiger partial charge < -0.3 is 14.9 Å². The lowest BCUT2D eigenvalue weighted by Crippen LogP contribution is -2.07. The molecule has 5 nitrogen and oxygen atoms in total. The molecule has 19 heavy (non-hydrogen) atoms. The first kappa shape index (κ1) is 15.2. The summed E-state index contributed by atoms with van der Waals surface area (Å²) < 4.78 is 5.06. The third-order valence-electron chi connectivity index (χ3n) is 2.65. The first-order valence-corrected chi connectivity index (χ1v) is 6.26. The summed E-state index contributed by atoms with van der Waals surface area (Å²) in [7, 11) is 0. The quantitative estimate of drug-likeness (QED) is 0.556. The van der Waals surface area contributed by atoms with Crippen molar-refractivity contribution in [2.75, 3.05) is 13.2 Å². The van der Waals surface area contributed by atoms with Crippen LogP contribution in [0, 0.1) is 0 Å². The molecule has 0 unspecified atom stereocenters. The zero-order valence-electron chi connectivity index (χ0n) is 10.7. The standard InChI is InChI=1S/C14H18O5/c15-9-3-1-2-4-10-19-14(18)12-7-5-11(6-8-12)13(16)17/h5-8,15H,1-4,9-10H2,(H,16,17). The molecule has 0 bridgehead atoms. The fourth-order valence-electron chi connectivity index (χ4n) is 1.56. The third-order valence-corrected chi connectivity index (χ3v) is 2.65. The fraction of sp³-hybridized carbons (Fsp3) is 0.429. The molecule has 0 aromatic heterocycles. The molecule has 1 aromatic carbocycles. The van der Waals surface area contributed by atoms with E-state index in [2.05, 4.69) is 0 Å². The molecule has 5 heteroatoms. The van der Waals surface area contributed by atoms with E-state index in [1.165, 1.54) is 24.3 Å². The smallest absolute Gasteiger partial charge is 0.338 e. The number of carboxylic acid groups (broad SMARTS) is 1. The monoisotopic (exact) mass is 266 g/mol. The van der Waals surface area contributed by atoms with E-state index in [4.69, 9.17) is 14.9 Å². The van der Waals surface area contributed by atoms with Crippen molar-refractivity contribution in [3.8, 4) is 0 Å². The molecular weight excluding hydrogens is 248 g/mol. The van der Waals surface area contributed by atoms with Crippen LogP contribution < -0.4 is 0 Å². The van der Waals surface area contributed by atoms with Crippen LogP contribution in [0.1, 0.15) is 46.4 Å². The van der Waals surface area contributed by atoms with Gasteiger partial charge in [-0.15, -0.1) is 0 Å². The Hall–Kier alpha value is -1.88. The molecule has 0 radical (unpaired) electrons. The second-order valence-corrected chi connectivity index (χ2v) is 4.16. The van der Waals surface area contributed by atoms with Crippen LogP contribution in [0.2, 0.25) is 0 Å². The SMILES string of the molecule is O=C(O)c1ccc(C(=O)OCCCCCCO)cc1. The van der Waals surface area contributed by atoms with E-state index in [-0.39, 0.29) is 12.2 Å². The van der Waals surface area contributed by atoms with Crippen molar-refractivity contribution in [2.24, 2.45) is 0 Å². The van der Waals surface area contributed by atoms with Crippen LogP contribution in [0.15, 0.2) is 24.3 Å². The van der Waals surface area contributed by atoms with Crippen LogP contribution >= 0.6 is 0 Å².